The number of pyridine rings is 1. The molecule has 0 spiro atoms. The van der Waals surface area contributed by atoms with Gasteiger partial charge >= 0.3 is 0 Å². The predicted molar refractivity (Wildman–Crippen MR) is 71.5 cm³/mol. The van der Waals surface area contributed by atoms with Crippen molar-refractivity contribution in [3.8, 4) is 0 Å². The summed E-state index contributed by atoms with van der Waals surface area (Å²) in [6.45, 7) is 0. The van der Waals surface area contributed by atoms with E-state index < -0.39 is 10.0 Å². The largest absolute Gasteiger partial charge is 0.279 e. The smallest absolute Gasteiger partial charge is 0.263 e. The average Bonchev–Trinajstić information content (AvgIpc) is 2.28. The first-order valence-corrected chi connectivity index (χ1v) is 7.10. The molecule has 7 heteroatoms. The van der Waals surface area contributed by atoms with E-state index in [0.717, 1.165) is 0 Å². The van der Waals surface area contributed by atoms with Gasteiger partial charge in [-0.3, -0.25) is 9.71 Å². The third-order valence-electron chi connectivity index (χ3n) is 2.06. The van der Waals surface area contributed by atoms with Crippen LogP contribution in [-0.2, 0) is 10.0 Å². The number of rotatable bonds is 3. The van der Waals surface area contributed by atoms with Crippen molar-refractivity contribution < 1.29 is 8.42 Å². The Hall–Kier alpha value is -1.30. The van der Waals surface area contributed by atoms with Crippen molar-refractivity contribution in [1.82, 2.24) is 4.98 Å². The Balaban J connectivity index is 2.34. The maximum atomic E-state index is 12.0. The minimum absolute atomic E-state index is 0.0705. The van der Waals surface area contributed by atoms with Crippen molar-refractivity contribution >= 4 is 38.9 Å². The summed E-state index contributed by atoms with van der Waals surface area (Å²) in [7, 11) is -3.68. The third-order valence-corrected chi connectivity index (χ3v) is 3.86. The predicted octanol–water partition coefficient (Wildman–Crippen LogP) is 3.19. The number of sulfonamides is 1. The number of hydrogen-bond acceptors (Lipinski definition) is 3. The number of nitrogens with zero attached hydrogens (tertiary/aromatic N) is 1. The molecule has 18 heavy (non-hydrogen) atoms. The molecule has 2 aromatic rings. The first kappa shape index (κ1) is 13.1. The highest BCUT2D eigenvalue weighted by Crippen LogP contribution is 2.24. The maximum Gasteiger partial charge on any atom is 0.263 e. The minimum Gasteiger partial charge on any atom is -0.279 e. The van der Waals surface area contributed by atoms with E-state index in [-0.39, 0.29) is 4.90 Å². The fourth-order valence-corrected chi connectivity index (χ4v) is 2.86. The van der Waals surface area contributed by atoms with Gasteiger partial charge in [0.1, 0.15) is 4.90 Å². The highest BCUT2D eigenvalue weighted by Gasteiger charge is 2.14. The molecule has 0 saturated carbocycles. The summed E-state index contributed by atoms with van der Waals surface area (Å²) in [5.41, 5.74) is 0.302. The second-order valence-electron chi connectivity index (χ2n) is 3.45. The number of nitrogens with one attached hydrogen (secondary N) is 1. The topological polar surface area (TPSA) is 59.1 Å². The Kier molecular flexibility index (Phi) is 3.75. The highest BCUT2D eigenvalue weighted by atomic mass is 35.5. The Labute approximate surface area is 115 Å². The molecule has 0 amide bonds. The molecule has 1 aromatic carbocycles. The number of aromatic nitrogens is 1. The van der Waals surface area contributed by atoms with Crippen molar-refractivity contribution in [1.29, 1.82) is 0 Å². The van der Waals surface area contributed by atoms with E-state index >= 15 is 0 Å². The van der Waals surface area contributed by atoms with Crippen LogP contribution in [0.1, 0.15) is 0 Å². The van der Waals surface area contributed by atoms with Crippen LogP contribution in [-0.4, -0.2) is 13.4 Å². The molecule has 0 fully saturated rings. The lowest BCUT2D eigenvalue weighted by Gasteiger charge is -2.08. The Morgan fingerprint density at radius 3 is 2.33 bits per heavy atom. The van der Waals surface area contributed by atoms with Gasteiger partial charge in [0, 0.05) is 22.4 Å². The van der Waals surface area contributed by atoms with Gasteiger partial charge in [-0.05, 0) is 30.3 Å². The summed E-state index contributed by atoms with van der Waals surface area (Å²) < 4.78 is 26.4. The second-order valence-corrected chi connectivity index (χ2v) is 6.01. The monoisotopic (exact) mass is 302 g/mol. The average molecular weight is 303 g/mol. The maximum absolute atomic E-state index is 12.0. The fourth-order valence-electron chi connectivity index (χ4n) is 1.33. The highest BCUT2D eigenvalue weighted by molar-refractivity contribution is 7.92. The van der Waals surface area contributed by atoms with Crippen molar-refractivity contribution in [2.75, 3.05) is 4.72 Å². The van der Waals surface area contributed by atoms with Gasteiger partial charge in [-0.15, -0.1) is 0 Å². The van der Waals surface area contributed by atoms with Crippen LogP contribution in [0, 0.1) is 0 Å². The molecule has 4 nitrogen and oxygen atoms in total. The van der Waals surface area contributed by atoms with E-state index in [2.05, 4.69) is 9.71 Å². The van der Waals surface area contributed by atoms with E-state index in [1.54, 1.807) is 6.07 Å². The van der Waals surface area contributed by atoms with Crippen LogP contribution in [0.15, 0.2) is 47.6 Å². The molecule has 0 bridgehead atoms. The zero-order valence-electron chi connectivity index (χ0n) is 8.97. The first-order valence-electron chi connectivity index (χ1n) is 4.86. The lowest BCUT2D eigenvalue weighted by Crippen LogP contribution is -2.13. The molecular formula is C11H8Cl2N2O2S. The van der Waals surface area contributed by atoms with Crippen molar-refractivity contribution in [2.24, 2.45) is 0 Å². The van der Waals surface area contributed by atoms with Gasteiger partial charge in [-0.1, -0.05) is 23.2 Å². The van der Waals surface area contributed by atoms with Crippen LogP contribution >= 0.6 is 23.2 Å². The van der Waals surface area contributed by atoms with Crippen molar-refractivity contribution in [3.05, 3.63) is 52.8 Å². The molecule has 0 unspecified atom stereocenters. The molecule has 1 N–H and O–H groups in total. The third kappa shape index (κ3) is 3.13. The van der Waals surface area contributed by atoms with Gasteiger partial charge < -0.3 is 0 Å². The van der Waals surface area contributed by atoms with E-state index in [0.29, 0.717) is 15.7 Å². The molecule has 1 heterocycles. The standard InChI is InChI=1S/C11H8Cl2N2O2S/c12-8-4-9(13)6-10(5-8)15-18(16,17)11-2-1-3-14-7-11/h1-7,15H. The van der Waals surface area contributed by atoms with Crippen LogP contribution in [0.25, 0.3) is 0 Å². The van der Waals surface area contributed by atoms with Gasteiger partial charge in [0.2, 0.25) is 0 Å². The van der Waals surface area contributed by atoms with Crippen LogP contribution < -0.4 is 4.72 Å². The van der Waals surface area contributed by atoms with Gasteiger partial charge in [0.05, 0.1) is 5.69 Å². The summed E-state index contributed by atoms with van der Waals surface area (Å²) in [5, 5.41) is 0.706. The van der Waals surface area contributed by atoms with E-state index in [4.69, 9.17) is 23.2 Å². The molecule has 0 radical (unpaired) electrons. The fraction of sp³-hybridized carbons (Fsp3) is 0. The van der Waals surface area contributed by atoms with Crippen LogP contribution in [0.5, 0.6) is 0 Å². The molecule has 0 aliphatic rings. The van der Waals surface area contributed by atoms with Gasteiger partial charge in [-0.2, -0.15) is 0 Å². The molecule has 1 aromatic heterocycles. The number of benzene rings is 1. The first-order chi connectivity index (χ1) is 8.47. The van der Waals surface area contributed by atoms with Crippen molar-refractivity contribution in [2.45, 2.75) is 4.90 Å². The molecule has 0 saturated heterocycles. The Morgan fingerprint density at radius 1 is 1.11 bits per heavy atom. The van der Waals surface area contributed by atoms with Crippen LogP contribution in [0.3, 0.4) is 0 Å². The minimum atomic E-state index is -3.68. The molecule has 0 aliphatic carbocycles. The summed E-state index contributed by atoms with van der Waals surface area (Å²) in [6.07, 6.45) is 2.75. The quantitative estimate of drug-likeness (QED) is 0.947. The second kappa shape index (κ2) is 5.14. The number of hydrogen-bond donors (Lipinski definition) is 1. The van der Waals surface area contributed by atoms with Gasteiger partial charge in [-0.25, -0.2) is 8.42 Å². The number of anilines is 1. The molecule has 0 atom stereocenters. The lowest BCUT2D eigenvalue weighted by molar-refractivity contribution is 0.601. The summed E-state index contributed by atoms with van der Waals surface area (Å²) in [4.78, 5) is 3.83. The SMILES string of the molecule is O=S(=O)(Nc1cc(Cl)cc(Cl)c1)c1cccnc1. The van der Waals surface area contributed by atoms with Crippen LogP contribution in [0.2, 0.25) is 10.0 Å². The van der Waals surface area contributed by atoms with E-state index in [1.807, 2.05) is 0 Å². The van der Waals surface area contributed by atoms with E-state index in [1.165, 1.54) is 36.7 Å². The molecule has 2 rings (SSSR count). The molecular weight excluding hydrogens is 295 g/mol. The molecule has 0 aliphatic heterocycles. The Morgan fingerprint density at radius 2 is 1.78 bits per heavy atom. The van der Waals surface area contributed by atoms with Gasteiger partial charge in [0.25, 0.3) is 10.0 Å². The zero-order chi connectivity index (χ0) is 13.2. The van der Waals surface area contributed by atoms with Gasteiger partial charge in [0.15, 0.2) is 0 Å². The van der Waals surface area contributed by atoms with Crippen molar-refractivity contribution in [3.63, 3.8) is 0 Å². The van der Waals surface area contributed by atoms with E-state index in [9.17, 15) is 8.42 Å². The molecule has 94 valence electrons. The zero-order valence-corrected chi connectivity index (χ0v) is 11.3. The summed E-state index contributed by atoms with van der Waals surface area (Å²) in [6, 6.07) is 7.45. The normalized spacial score (nSPS) is 11.2. The lowest BCUT2D eigenvalue weighted by atomic mass is 10.3. The summed E-state index contributed by atoms with van der Waals surface area (Å²) in [5.74, 6) is 0. The van der Waals surface area contributed by atoms with Crippen LogP contribution in [0.4, 0.5) is 5.69 Å². The summed E-state index contributed by atoms with van der Waals surface area (Å²) >= 11 is 11.6. The number of halogens is 2. The Bertz CT molecular complexity index is 640.